The number of rotatable bonds is 7. The number of para-hydroxylation sites is 2. The molecule has 24 heavy (non-hydrogen) atoms. The van der Waals surface area contributed by atoms with Crippen molar-refractivity contribution in [2.45, 2.75) is 39.7 Å². The average Bonchev–Trinajstić information content (AvgIpc) is 2.95. The molecule has 0 amide bonds. The van der Waals surface area contributed by atoms with Crippen LogP contribution in [-0.4, -0.2) is 16.2 Å². The standard InChI is InChI=1S/C20H23ClN2O/c1-3-20-22-18-8-4-5-9-19(18)23(20)12-6-7-13-24-16-10-11-17(21)15(2)14-16/h4-5,8-11,14H,3,6-7,12-13H2,1-2H3. The fourth-order valence-corrected chi connectivity index (χ4v) is 3.03. The molecule has 0 spiro atoms. The largest absolute Gasteiger partial charge is 0.494 e. The van der Waals surface area contributed by atoms with Crippen LogP contribution in [0.2, 0.25) is 5.02 Å². The molecule has 0 N–H and O–H groups in total. The summed E-state index contributed by atoms with van der Waals surface area (Å²) >= 11 is 6.03. The number of ether oxygens (including phenoxy) is 1. The first kappa shape index (κ1) is 16.8. The Morgan fingerprint density at radius 2 is 1.96 bits per heavy atom. The SMILES string of the molecule is CCc1nc2ccccc2n1CCCCOc1ccc(Cl)c(C)c1. The molecule has 0 fully saturated rings. The zero-order chi connectivity index (χ0) is 16.9. The second-order valence-electron chi connectivity index (χ2n) is 5.99. The summed E-state index contributed by atoms with van der Waals surface area (Å²) in [7, 11) is 0. The van der Waals surface area contributed by atoms with Gasteiger partial charge in [0, 0.05) is 18.0 Å². The Kier molecular flexibility index (Phi) is 5.41. The van der Waals surface area contributed by atoms with Crippen molar-refractivity contribution in [3.63, 3.8) is 0 Å². The van der Waals surface area contributed by atoms with E-state index >= 15 is 0 Å². The lowest BCUT2D eigenvalue weighted by Gasteiger charge is -2.10. The molecular formula is C20H23ClN2O. The van der Waals surface area contributed by atoms with Crippen molar-refractivity contribution < 1.29 is 4.74 Å². The van der Waals surface area contributed by atoms with Crippen LogP contribution >= 0.6 is 11.6 Å². The maximum atomic E-state index is 6.03. The van der Waals surface area contributed by atoms with Gasteiger partial charge in [-0.3, -0.25) is 0 Å². The van der Waals surface area contributed by atoms with Crippen molar-refractivity contribution in [3.05, 3.63) is 58.9 Å². The van der Waals surface area contributed by atoms with Crippen LogP contribution in [0, 0.1) is 6.92 Å². The first-order valence-corrected chi connectivity index (χ1v) is 8.90. The molecule has 3 nitrogen and oxygen atoms in total. The Morgan fingerprint density at radius 3 is 2.75 bits per heavy atom. The smallest absolute Gasteiger partial charge is 0.119 e. The number of halogens is 1. The maximum Gasteiger partial charge on any atom is 0.119 e. The fraction of sp³-hybridized carbons (Fsp3) is 0.350. The van der Waals surface area contributed by atoms with Crippen LogP contribution in [0.5, 0.6) is 5.75 Å². The quantitative estimate of drug-likeness (QED) is 0.536. The molecule has 3 rings (SSSR count). The lowest BCUT2D eigenvalue weighted by atomic mass is 10.2. The average molecular weight is 343 g/mol. The van der Waals surface area contributed by atoms with Gasteiger partial charge in [0.1, 0.15) is 11.6 Å². The number of nitrogens with zero attached hydrogens (tertiary/aromatic N) is 2. The Morgan fingerprint density at radius 1 is 1.12 bits per heavy atom. The van der Waals surface area contributed by atoms with E-state index in [0.717, 1.165) is 60.1 Å². The molecule has 0 unspecified atom stereocenters. The molecule has 1 heterocycles. The molecule has 0 aliphatic carbocycles. The summed E-state index contributed by atoms with van der Waals surface area (Å²) < 4.78 is 8.16. The second kappa shape index (κ2) is 7.71. The number of unbranched alkanes of at least 4 members (excludes halogenated alkanes) is 1. The summed E-state index contributed by atoms with van der Waals surface area (Å²) in [6.07, 6.45) is 3.03. The Balaban J connectivity index is 1.54. The molecule has 2 aromatic carbocycles. The van der Waals surface area contributed by atoms with Crippen LogP contribution in [-0.2, 0) is 13.0 Å². The molecule has 1 aromatic heterocycles. The van der Waals surface area contributed by atoms with Crippen molar-refractivity contribution in [1.29, 1.82) is 0 Å². The van der Waals surface area contributed by atoms with Gasteiger partial charge in [0.2, 0.25) is 0 Å². The third-order valence-corrected chi connectivity index (χ3v) is 4.65. The van der Waals surface area contributed by atoms with E-state index in [0.29, 0.717) is 0 Å². The summed E-state index contributed by atoms with van der Waals surface area (Å²) in [5, 5.41) is 0.779. The highest BCUT2D eigenvalue weighted by molar-refractivity contribution is 6.31. The molecule has 126 valence electrons. The van der Waals surface area contributed by atoms with Gasteiger partial charge in [0.25, 0.3) is 0 Å². The zero-order valence-electron chi connectivity index (χ0n) is 14.3. The number of aromatic nitrogens is 2. The lowest BCUT2D eigenvalue weighted by molar-refractivity contribution is 0.303. The van der Waals surface area contributed by atoms with Crippen LogP contribution < -0.4 is 4.74 Å². The highest BCUT2D eigenvalue weighted by Gasteiger charge is 2.08. The summed E-state index contributed by atoms with van der Waals surface area (Å²) in [5.74, 6) is 2.05. The van der Waals surface area contributed by atoms with Gasteiger partial charge in [-0.1, -0.05) is 30.7 Å². The van der Waals surface area contributed by atoms with Gasteiger partial charge in [-0.2, -0.15) is 0 Å². The van der Waals surface area contributed by atoms with E-state index in [-0.39, 0.29) is 0 Å². The van der Waals surface area contributed by atoms with E-state index < -0.39 is 0 Å². The van der Waals surface area contributed by atoms with E-state index in [9.17, 15) is 0 Å². The number of aryl methyl sites for hydroxylation is 3. The van der Waals surface area contributed by atoms with E-state index in [1.54, 1.807) is 0 Å². The van der Waals surface area contributed by atoms with E-state index in [1.165, 1.54) is 5.52 Å². The molecule has 0 saturated carbocycles. The summed E-state index contributed by atoms with van der Waals surface area (Å²) in [6.45, 7) is 5.84. The summed E-state index contributed by atoms with van der Waals surface area (Å²) in [6, 6.07) is 14.1. The third kappa shape index (κ3) is 3.73. The van der Waals surface area contributed by atoms with Crippen molar-refractivity contribution in [2.24, 2.45) is 0 Å². The van der Waals surface area contributed by atoms with Gasteiger partial charge in [0.05, 0.1) is 17.6 Å². The van der Waals surface area contributed by atoms with Crippen molar-refractivity contribution in [2.75, 3.05) is 6.61 Å². The van der Waals surface area contributed by atoms with Gasteiger partial charge >= 0.3 is 0 Å². The third-order valence-electron chi connectivity index (χ3n) is 4.22. The molecule has 0 bridgehead atoms. The van der Waals surface area contributed by atoms with Gasteiger partial charge < -0.3 is 9.30 Å². The fourth-order valence-electron chi connectivity index (χ4n) is 2.91. The first-order valence-electron chi connectivity index (χ1n) is 8.52. The van der Waals surface area contributed by atoms with Gasteiger partial charge in [-0.15, -0.1) is 0 Å². The maximum absolute atomic E-state index is 6.03. The Labute approximate surface area is 148 Å². The highest BCUT2D eigenvalue weighted by Crippen LogP contribution is 2.21. The van der Waals surface area contributed by atoms with E-state index in [2.05, 4.69) is 29.7 Å². The Bertz CT molecular complexity index is 826. The van der Waals surface area contributed by atoms with E-state index in [4.69, 9.17) is 21.3 Å². The van der Waals surface area contributed by atoms with Crippen LogP contribution in [0.15, 0.2) is 42.5 Å². The predicted octanol–water partition coefficient (Wildman–Crippen LogP) is 5.42. The molecule has 0 saturated heterocycles. The van der Waals surface area contributed by atoms with Crippen LogP contribution in [0.1, 0.15) is 31.2 Å². The van der Waals surface area contributed by atoms with Crippen LogP contribution in [0.25, 0.3) is 11.0 Å². The molecule has 0 radical (unpaired) electrons. The van der Waals surface area contributed by atoms with Crippen molar-refractivity contribution in [1.82, 2.24) is 9.55 Å². The minimum atomic E-state index is 0.717. The first-order chi connectivity index (χ1) is 11.7. The number of hydrogen-bond donors (Lipinski definition) is 0. The highest BCUT2D eigenvalue weighted by atomic mass is 35.5. The van der Waals surface area contributed by atoms with Gasteiger partial charge in [-0.05, 0) is 55.7 Å². The summed E-state index contributed by atoms with van der Waals surface area (Å²) in [5.41, 5.74) is 3.36. The molecule has 0 aliphatic rings. The van der Waals surface area contributed by atoms with E-state index in [1.807, 2.05) is 31.2 Å². The minimum Gasteiger partial charge on any atom is -0.494 e. The van der Waals surface area contributed by atoms with Crippen LogP contribution in [0.3, 0.4) is 0 Å². The molecule has 3 aromatic rings. The lowest BCUT2D eigenvalue weighted by Crippen LogP contribution is -2.05. The monoisotopic (exact) mass is 342 g/mol. The van der Waals surface area contributed by atoms with Crippen molar-refractivity contribution in [3.8, 4) is 5.75 Å². The number of imidazole rings is 1. The van der Waals surface area contributed by atoms with Gasteiger partial charge in [0.15, 0.2) is 0 Å². The number of benzene rings is 2. The zero-order valence-corrected chi connectivity index (χ0v) is 15.0. The minimum absolute atomic E-state index is 0.717. The normalized spacial score (nSPS) is 11.1. The molecule has 4 heteroatoms. The molecule has 0 atom stereocenters. The van der Waals surface area contributed by atoms with Crippen molar-refractivity contribution >= 4 is 22.6 Å². The molecule has 0 aliphatic heterocycles. The number of fused-ring (bicyclic) bond motifs is 1. The predicted molar refractivity (Wildman–Crippen MR) is 100 cm³/mol. The summed E-state index contributed by atoms with van der Waals surface area (Å²) in [4.78, 5) is 4.71. The Hall–Kier alpha value is -2.00. The number of hydrogen-bond acceptors (Lipinski definition) is 2. The molecular weight excluding hydrogens is 320 g/mol. The topological polar surface area (TPSA) is 27.1 Å². The van der Waals surface area contributed by atoms with Gasteiger partial charge in [-0.25, -0.2) is 4.98 Å². The van der Waals surface area contributed by atoms with Crippen LogP contribution in [0.4, 0.5) is 0 Å². The second-order valence-corrected chi connectivity index (χ2v) is 6.40.